The van der Waals surface area contributed by atoms with Gasteiger partial charge in [-0.3, -0.25) is 4.79 Å². The van der Waals surface area contributed by atoms with Gasteiger partial charge in [0.2, 0.25) is 5.95 Å². The van der Waals surface area contributed by atoms with Crippen LogP contribution in [-0.4, -0.2) is 60.8 Å². The van der Waals surface area contributed by atoms with E-state index in [-0.39, 0.29) is 29.1 Å². The van der Waals surface area contributed by atoms with Crippen molar-refractivity contribution in [2.24, 2.45) is 0 Å². The Morgan fingerprint density at radius 2 is 1.89 bits per heavy atom. The summed E-state index contributed by atoms with van der Waals surface area (Å²) >= 11 is 0. The molecule has 3 rings (SSSR count). The minimum atomic E-state index is -3.06. The zero-order chi connectivity index (χ0) is 19.6. The quantitative estimate of drug-likeness (QED) is 0.775. The van der Waals surface area contributed by atoms with Crippen molar-refractivity contribution in [3.63, 3.8) is 0 Å². The Bertz CT molecular complexity index is 931. The van der Waals surface area contributed by atoms with E-state index in [9.17, 15) is 13.2 Å². The van der Waals surface area contributed by atoms with Gasteiger partial charge in [-0.05, 0) is 25.0 Å². The smallest absolute Gasteiger partial charge is 0.272 e. The number of carbonyl (C=O) groups is 1. The van der Waals surface area contributed by atoms with E-state index in [4.69, 9.17) is 0 Å². The number of hydrogen-bond acceptors (Lipinski definition) is 6. The largest absolute Gasteiger partial charge is 0.340 e. The number of amides is 1. The van der Waals surface area contributed by atoms with E-state index in [1.807, 2.05) is 49.2 Å². The third-order valence-electron chi connectivity index (χ3n) is 4.74. The van der Waals surface area contributed by atoms with Crippen molar-refractivity contribution in [1.82, 2.24) is 14.9 Å². The Hall–Kier alpha value is -2.48. The van der Waals surface area contributed by atoms with Crippen LogP contribution in [0.25, 0.3) is 0 Å². The highest BCUT2D eigenvalue weighted by Crippen LogP contribution is 2.19. The number of benzene rings is 1. The van der Waals surface area contributed by atoms with Crippen LogP contribution in [0, 0.1) is 6.92 Å². The van der Waals surface area contributed by atoms with E-state index < -0.39 is 9.84 Å². The summed E-state index contributed by atoms with van der Waals surface area (Å²) in [6.45, 7) is 2.44. The number of rotatable bonds is 5. The van der Waals surface area contributed by atoms with Crippen molar-refractivity contribution in [3.05, 3.63) is 53.3 Å². The van der Waals surface area contributed by atoms with Crippen LogP contribution < -0.4 is 4.90 Å². The second-order valence-electron chi connectivity index (χ2n) is 7.01. The van der Waals surface area contributed by atoms with E-state index in [0.29, 0.717) is 24.6 Å². The fourth-order valence-electron chi connectivity index (χ4n) is 3.19. The first kappa shape index (κ1) is 19.3. The highest BCUT2D eigenvalue weighted by atomic mass is 32.2. The molecular weight excluding hydrogens is 364 g/mol. The molecule has 0 bridgehead atoms. The van der Waals surface area contributed by atoms with Crippen molar-refractivity contribution in [2.45, 2.75) is 25.9 Å². The Labute approximate surface area is 160 Å². The van der Waals surface area contributed by atoms with Crippen molar-refractivity contribution in [3.8, 4) is 0 Å². The highest BCUT2D eigenvalue weighted by Gasteiger charge is 2.33. The minimum Gasteiger partial charge on any atom is -0.340 e. The second-order valence-corrected chi connectivity index (χ2v) is 9.24. The molecule has 0 aliphatic carbocycles. The van der Waals surface area contributed by atoms with Crippen LogP contribution in [0.2, 0.25) is 0 Å². The summed E-state index contributed by atoms with van der Waals surface area (Å²) in [5.41, 5.74) is 2.09. The first-order chi connectivity index (χ1) is 12.7. The first-order valence-corrected chi connectivity index (χ1v) is 10.7. The molecule has 7 nitrogen and oxygen atoms in total. The topological polar surface area (TPSA) is 83.5 Å². The maximum absolute atomic E-state index is 12.9. The lowest BCUT2D eigenvalue weighted by molar-refractivity contribution is 0.0741. The summed E-state index contributed by atoms with van der Waals surface area (Å²) in [6, 6.07) is 11.3. The molecule has 1 aromatic heterocycles. The number of aryl methyl sites for hydroxylation is 1. The maximum Gasteiger partial charge on any atom is 0.272 e. The van der Waals surface area contributed by atoms with Crippen LogP contribution in [0.4, 0.5) is 5.95 Å². The Balaban J connectivity index is 1.79. The highest BCUT2D eigenvalue weighted by molar-refractivity contribution is 7.91. The van der Waals surface area contributed by atoms with Crippen LogP contribution >= 0.6 is 0 Å². The molecule has 1 aromatic carbocycles. The molecule has 1 aliphatic heterocycles. The molecule has 1 amide bonds. The molecule has 1 fully saturated rings. The number of aromatic nitrogens is 2. The average Bonchev–Trinajstić information content (AvgIpc) is 3.00. The monoisotopic (exact) mass is 388 g/mol. The summed E-state index contributed by atoms with van der Waals surface area (Å²) in [4.78, 5) is 25.1. The Morgan fingerprint density at radius 3 is 2.52 bits per heavy atom. The Morgan fingerprint density at radius 1 is 1.19 bits per heavy atom. The van der Waals surface area contributed by atoms with Crippen LogP contribution in [-0.2, 0) is 16.4 Å². The normalized spacial score (nSPS) is 18.3. The fourth-order valence-corrected chi connectivity index (χ4v) is 4.96. The van der Waals surface area contributed by atoms with Crippen LogP contribution in [0.5, 0.6) is 0 Å². The number of anilines is 1. The van der Waals surface area contributed by atoms with E-state index in [0.717, 1.165) is 5.56 Å². The molecule has 1 saturated heterocycles. The molecule has 144 valence electrons. The summed E-state index contributed by atoms with van der Waals surface area (Å²) in [6.07, 6.45) is 0.468. The molecule has 1 unspecified atom stereocenters. The van der Waals surface area contributed by atoms with Gasteiger partial charge in [0.25, 0.3) is 5.91 Å². The van der Waals surface area contributed by atoms with Crippen LogP contribution in [0.15, 0.2) is 36.4 Å². The summed E-state index contributed by atoms with van der Waals surface area (Å²) < 4.78 is 23.4. The molecular formula is C19H24N4O3S. The number of hydrogen-bond donors (Lipinski definition) is 0. The molecule has 1 aliphatic rings. The average molecular weight is 388 g/mol. The van der Waals surface area contributed by atoms with Gasteiger partial charge in [0.05, 0.1) is 11.5 Å². The number of nitrogens with zero attached hydrogens (tertiary/aromatic N) is 4. The molecule has 0 saturated carbocycles. The number of sulfone groups is 1. The van der Waals surface area contributed by atoms with Gasteiger partial charge in [-0.2, -0.15) is 0 Å². The molecule has 0 N–H and O–H groups in total. The van der Waals surface area contributed by atoms with Crippen molar-refractivity contribution < 1.29 is 13.2 Å². The third kappa shape index (κ3) is 4.63. The lowest BCUT2D eigenvalue weighted by Gasteiger charge is -2.24. The SMILES string of the molecule is Cc1cc(C(=O)N(C)C2CCS(=O)(=O)C2)nc(N(C)Cc2ccccc2)n1. The summed E-state index contributed by atoms with van der Waals surface area (Å²) in [7, 11) is 0.460. The van der Waals surface area contributed by atoms with Crippen LogP contribution in [0.3, 0.4) is 0 Å². The lowest BCUT2D eigenvalue weighted by Crippen LogP contribution is -2.38. The minimum absolute atomic E-state index is 0.0140. The van der Waals surface area contributed by atoms with Gasteiger partial charge >= 0.3 is 0 Å². The second kappa shape index (κ2) is 7.64. The predicted octanol–water partition coefficient (Wildman–Crippen LogP) is 1.68. The third-order valence-corrected chi connectivity index (χ3v) is 6.49. The van der Waals surface area contributed by atoms with E-state index in [1.54, 1.807) is 13.1 Å². The molecule has 1 atom stereocenters. The van der Waals surface area contributed by atoms with E-state index in [2.05, 4.69) is 9.97 Å². The van der Waals surface area contributed by atoms with Gasteiger partial charge in [0.15, 0.2) is 9.84 Å². The summed E-state index contributed by atoms with van der Waals surface area (Å²) in [5, 5.41) is 0. The van der Waals surface area contributed by atoms with Crippen molar-refractivity contribution in [1.29, 1.82) is 0 Å². The van der Waals surface area contributed by atoms with Gasteiger partial charge < -0.3 is 9.80 Å². The molecule has 27 heavy (non-hydrogen) atoms. The van der Waals surface area contributed by atoms with Gasteiger partial charge in [-0.25, -0.2) is 18.4 Å². The number of carbonyl (C=O) groups excluding carboxylic acids is 1. The van der Waals surface area contributed by atoms with Crippen molar-refractivity contribution in [2.75, 3.05) is 30.5 Å². The van der Waals surface area contributed by atoms with Gasteiger partial charge in [0, 0.05) is 32.4 Å². The molecule has 2 aromatic rings. The zero-order valence-corrected chi connectivity index (χ0v) is 16.6. The maximum atomic E-state index is 12.9. The van der Waals surface area contributed by atoms with Gasteiger partial charge in [-0.15, -0.1) is 0 Å². The lowest BCUT2D eigenvalue weighted by atomic mass is 10.2. The van der Waals surface area contributed by atoms with Crippen LogP contribution in [0.1, 0.15) is 28.2 Å². The first-order valence-electron chi connectivity index (χ1n) is 8.83. The molecule has 8 heteroatoms. The van der Waals surface area contributed by atoms with E-state index >= 15 is 0 Å². The zero-order valence-electron chi connectivity index (χ0n) is 15.8. The summed E-state index contributed by atoms with van der Waals surface area (Å²) in [5.74, 6) is 0.329. The van der Waals surface area contributed by atoms with Gasteiger partial charge in [-0.1, -0.05) is 30.3 Å². The van der Waals surface area contributed by atoms with Gasteiger partial charge in [0.1, 0.15) is 5.69 Å². The molecule has 2 heterocycles. The Kier molecular flexibility index (Phi) is 5.46. The standard InChI is InChI=1S/C19H24N4O3S/c1-14-11-17(18(24)23(3)16-9-10-27(25,26)13-16)21-19(20-14)22(2)12-15-7-5-4-6-8-15/h4-8,11,16H,9-10,12-13H2,1-3H3. The predicted molar refractivity (Wildman–Crippen MR) is 104 cm³/mol. The molecule has 0 spiro atoms. The van der Waals surface area contributed by atoms with E-state index in [1.165, 1.54) is 4.90 Å². The fraction of sp³-hybridized carbons (Fsp3) is 0.421. The van der Waals surface area contributed by atoms with Crippen molar-refractivity contribution >= 4 is 21.7 Å². The molecule has 0 radical (unpaired) electrons.